The lowest BCUT2D eigenvalue weighted by atomic mass is 10.2. The van der Waals surface area contributed by atoms with Crippen molar-refractivity contribution in [2.75, 3.05) is 7.11 Å². The molecule has 0 bridgehead atoms. The number of rotatable bonds is 1. The molecule has 0 spiro atoms. The van der Waals surface area contributed by atoms with E-state index in [4.69, 9.17) is 4.74 Å². The van der Waals surface area contributed by atoms with E-state index in [1.807, 2.05) is 24.3 Å². The SMILES string of the molecule is COc1nccc2cc3c(=O)n4c(cc5ccccc54)c(=O)n3c12. The molecule has 0 unspecified atom stereocenters. The smallest absolute Gasteiger partial charge is 0.280 e. The second-order valence-corrected chi connectivity index (χ2v) is 5.66. The van der Waals surface area contributed by atoms with Gasteiger partial charge in [0.2, 0.25) is 5.88 Å². The second-order valence-electron chi connectivity index (χ2n) is 5.66. The average molecular weight is 317 g/mol. The largest absolute Gasteiger partial charge is 0.479 e. The fourth-order valence-corrected chi connectivity index (χ4v) is 3.40. The molecule has 0 radical (unpaired) electrons. The molecule has 0 atom stereocenters. The van der Waals surface area contributed by atoms with Crippen molar-refractivity contribution in [3.8, 4) is 5.88 Å². The van der Waals surface area contributed by atoms with Crippen molar-refractivity contribution in [1.29, 1.82) is 0 Å². The zero-order valence-corrected chi connectivity index (χ0v) is 12.7. The standard InChI is InChI=1S/C18H11N3O3/c1-24-16-15-11(6-7-19-16)9-14-17(22)20-12-5-3-2-4-10(12)8-13(20)18(23)21(14)15/h2-9H,1H3. The number of nitrogens with zero attached hydrogens (tertiary/aromatic N) is 3. The first-order chi connectivity index (χ1) is 11.7. The Labute approximate surface area is 134 Å². The van der Waals surface area contributed by atoms with Gasteiger partial charge in [0.1, 0.15) is 16.6 Å². The van der Waals surface area contributed by atoms with Gasteiger partial charge < -0.3 is 4.74 Å². The topological polar surface area (TPSA) is 65.1 Å². The van der Waals surface area contributed by atoms with E-state index in [0.717, 1.165) is 16.3 Å². The Hall–Kier alpha value is -3.41. The molecule has 5 rings (SSSR count). The van der Waals surface area contributed by atoms with Gasteiger partial charge in [0.15, 0.2) is 0 Å². The fourth-order valence-electron chi connectivity index (χ4n) is 3.40. The van der Waals surface area contributed by atoms with Crippen molar-refractivity contribution in [2.45, 2.75) is 0 Å². The molecular weight excluding hydrogens is 306 g/mol. The Morgan fingerprint density at radius 2 is 1.58 bits per heavy atom. The van der Waals surface area contributed by atoms with E-state index in [2.05, 4.69) is 4.98 Å². The Balaban J connectivity index is 2.17. The first-order valence-corrected chi connectivity index (χ1v) is 7.45. The average Bonchev–Trinajstić information content (AvgIpc) is 3.18. The molecule has 6 heteroatoms. The maximum Gasteiger partial charge on any atom is 0.280 e. The monoisotopic (exact) mass is 317 g/mol. The van der Waals surface area contributed by atoms with E-state index in [9.17, 15) is 9.59 Å². The van der Waals surface area contributed by atoms with Gasteiger partial charge in [0, 0.05) is 17.0 Å². The molecule has 0 amide bonds. The van der Waals surface area contributed by atoms with E-state index < -0.39 is 0 Å². The third kappa shape index (κ3) is 1.42. The van der Waals surface area contributed by atoms with Gasteiger partial charge in [0.05, 0.1) is 12.6 Å². The minimum absolute atomic E-state index is 0.232. The fraction of sp³-hybridized carbons (Fsp3) is 0.0556. The molecule has 0 aliphatic carbocycles. The predicted molar refractivity (Wildman–Crippen MR) is 91.4 cm³/mol. The molecule has 24 heavy (non-hydrogen) atoms. The number of benzene rings is 1. The highest BCUT2D eigenvalue weighted by Crippen LogP contribution is 2.25. The molecule has 4 aromatic heterocycles. The van der Waals surface area contributed by atoms with Crippen LogP contribution in [0.5, 0.6) is 5.88 Å². The highest BCUT2D eigenvalue weighted by atomic mass is 16.5. The summed E-state index contributed by atoms with van der Waals surface area (Å²) in [4.78, 5) is 30.3. The number of aromatic nitrogens is 3. The molecule has 6 nitrogen and oxygen atoms in total. The van der Waals surface area contributed by atoms with Gasteiger partial charge in [-0.15, -0.1) is 0 Å². The predicted octanol–water partition coefficient (Wildman–Crippen LogP) is 2.06. The molecule has 0 saturated carbocycles. The summed E-state index contributed by atoms with van der Waals surface area (Å²) in [5, 5.41) is 1.60. The molecular formula is C18H11N3O3. The summed E-state index contributed by atoms with van der Waals surface area (Å²) in [6, 6.07) is 12.7. The van der Waals surface area contributed by atoms with Gasteiger partial charge in [-0.1, -0.05) is 18.2 Å². The van der Waals surface area contributed by atoms with Gasteiger partial charge >= 0.3 is 0 Å². The van der Waals surface area contributed by atoms with Crippen LogP contribution in [-0.2, 0) is 0 Å². The third-order valence-electron chi connectivity index (χ3n) is 4.43. The Kier molecular flexibility index (Phi) is 2.35. The number of para-hydroxylation sites is 1. The quantitative estimate of drug-likeness (QED) is 0.475. The van der Waals surface area contributed by atoms with Crippen molar-refractivity contribution in [2.24, 2.45) is 0 Å². The van der Waals surface area contributed by atoms with Crippen LogP contribution in [0.2, 0.25) is 0 Å². The van der Waals surface area contributed by atoms with Crippen LogP contribution >= 0.6 is 0 Å². The summed E-state index contributed by atoms with van der Waals surface area (Å²) < 4.78 is 8.16. The van der Waals surface area contributed by atoms with Crippen molar-refractivity contribution >= 4 is 32.8 Å². The molecule has 116 valence electrons. The van der Waals surface area contributed by atoms with Gasteiger partial charge in [-0.25, -0.2) is 4.98 Å². The van der Waals surface area contributed by atoms with Crippen LogP contribution in [0.1, 0.15) is 0 Å². The minimum atomic E-state index is -0.262. The van der Waals surface area contributed by atoms with Gasteiger partial charge in [0.25, 0.3) is 11.1 Å². The van der Waals surface area contributed by atoms with Crippen molar-refractivity contribution in [3.05, 3.63) is 69.4 Å². The van der Waals surface area contributed by atoms with Crippen LogP contribution in [0, 0.1) is 0 Å². The molecule has 0 saturated heterocycles. The van der Waals surface area contributed by atoms with Crippen molar-refractivity contribution in [1.82, 2.24) is 13.8 Å². The lowest BCUT2D eigenvalue weighted by Gasteiger charge is -2.03. The van der Waals surface area contributed by atoms with Gasteiger partial charge in [-0.05, 0) is 24.3 Å². The zero-order chi connectivity index (χ0) is 16.4. The summed E-state index contributed by atoms with van der Waals surface area (Å²) in [6.07, 6.45) is 1.60. The van der Waals surface area contributed by atoms with E-state index in [-0.39, 0.29) is 11.1 Å². The molecule has 1 aromatic carbocycles. The zero-order valence-electron chi connectivity index (χ0n) is 12.7. The third-order valence-corrected chi connectivity index (χ3v) is 4.43. The lowest BCUT2D eigenvalue weighted by Crippen LogP contribution is -2.25. The lowest BCUT2D eigenvalue weighted by molar-refractivity contribution is 0.402. The number of methoxy groups -OCH3 is 1. The molecule has 5 aromatic rings. The first kappa shape index (κ1) is 13.1. The molecule has 0 fully saturated rings. The van der Waals surface area contributed by atoms with E-state index in [1.54, 1.807) is 24.4 Å². The number of hydrogen-bond donors (Lipinski definition) is 0. The molecule has 0 N–H and O–H groups in total. The Morgan fingerprint density at radius 3 is 2.42 bits per heavy atom. The first-order valence-electron chi connectivity index (χ1n) is 7.45. The van der Waals surface area contributed by atoms with Crippen molar-refractivity contribution < 1.29 is 4.74 Å². The normalized spacial score (nSPS) is 11.9. The second kappa shape index (κ2) is 4.32. The van der Waals surface area contributed by atoms with Crippen molar-refractivity contribution in [3.63, 3.8) is 0 Å². The highest BCUT2D eigenvalue weighted by Gasteiger charge is 2.18. The Bertz CT molecular complexity index is 1380. The number of ether oxygens (including phenoxy) is 1. The highest BCUT2D eigenvalue weighted by molar-refractivity contribution is 5.93. The van der Waals surface area contributed by atoms with Gasteiger partial charge in [-0.3, -0.25) is 18.4 Å². The van der Waals surface area contributed by atoms with E-state index in [0.29, 0.717) is 22.4 Å². The van der Waals surface area contributed by atoms with E-state index >= 15 is 0 Å². The number of fused-ring (bicyclic) bond motifs is 6. The van der Waals surface area contributed by atoms with Gasteiger partial charge in [-0.2, -0.15) is 0 Å². The van der Waals surface area contributed by atoms with Crippen LogP contribution in [0.4, 0.5) is 0 Å². The summed E-state index contributed by atoms with van der Waals surface area (Å²) in [6.45, 7) is 0. The molecule has 0 aliphatic rings. The molecule has 4 heterocycles. The minimum Gasteiger partial charge on any atom is -0.479 e. The van der Waals surface area contributed by atoms with Crippen LogP contribution in [0.25, 0.3) is 32.8 Å². The Morgan fingerprint density at radius 1 is 0.875 bits per heavy atom. The summed E-state index contributed by atoms with van der Waals surface area (Å²) in [5.74, 6) is 0.324. The van der Waals surface area contributed by atoms with E-state index in [1.165, 1.54) is 15.9 Å². The number of pyridine rings is 1. The van der Waals surface area contributed by atoms with Crippen LogP contribution in [-0.4, -0.2) is 20.9 Å². The van der Waals surface area contributed by atoms with Crippen LogP contribution in [0.15, 0.2) is 58.3 Å². The van der Waals surface area contributed by atoms with Crippen LogP contribution in [0.3, 0.4) is 0 Å². The summed E-state index contributed by atoms with van der Waals surface area (Å²) >= 11 is 0. The number of hydrogen-bond acceptors (Lipinski definition) is 4. The summed E-state index contributed by atoms with van der Waals surface area (Å²) in [5.41, 5.74) is 1.41. The molecule has 0 aliphatic heterocycles. The maximum absolute atomic E-state index is 13.1. The van der Waals surface area contributed by atoms with Crippen LogP contribution < -0.4 is 15.9 Å². The maximum atomic E-state index is 13.1. The summed E-state index contributed by atoms with van der Waals surface area (Å²) in [7, 11) is 1.49.